The van der Waals surface area contributed by atoms with Gasteiger partial charge in [-0.1, -0.05) is 12.1 Å². The van der Waals surface area contributed by atoms with Crippen LogP contribution in [0, 0.1) is 5.82 Å². The fraction of sp³-hybridized carbons (Fsp3) is 0.316. The zero-order chi connectivity index (χ0) is 19.6. The van der Waals surface area contributed by atoms with Gasteiger partial charge in [0, 0.05) is 24.2 Å². The largest absolute Gasteiger partial charge is 0.416 e. The maximum absolute atomic E-state index is 13.6. The van der Waals surface area contributed by atoms with Crippen molar-refractivity contribution in [2.24, 2.45) is 0 Å². The Morgan fingerprint density at radius 2 is 1.93 bits per heavy atom. The van der Waals surface area contributed by atoms with Gasteiger partial charge in [0.15, 0.2) is 0 Å². The third kappa shape index (κ3) is 4.74. The van der Waals surface area contributed by atoms with Crippen LogP contribution in [-0.2, 0) is 12.7 Å². The molecule has 1 atom stereocenters. The van der Waals surface area contributed by atoms with Gasteiger partial charge in [-0.2, -0.15) is 13.2 Å². The Hall–Kier alpha value is -2.22. The summed E-state index contributed by atoms with van der Waals surface area (Å²) < 4.78 is 51.4. The normalized spacial score (nSPS) is 16.6. The molecule has 3 rings (SSSR count). The number of thioether (sulfide) groups is 1. The molecule has 1 unspecified atom stereocenters. The van der Waals surface area contributed by atoms with Crippen molar-refractivity contribution in [2.75, 3.05) is 12.8 Å². The molecule has 0 aliphatic carbocycles. The smallest absolute Gasteiger partial charge is 0.331 e. The molecule has 2 amide bonds. The molecule has 0 saturated carbocycles. The molecule has 0 bridgehead atoms. The molecule has 0 radical (unpaired) electrons. The number of carbonyl (C=O) groups excluding carboxylic acids is 1. The minimum atomic E-state index is -4.39. The van der Waals surface area contributed by atoms with Crippen LogP contribution in [0.5, 0.6) is 0 Å². The number of hydrogen-bond donors (Lipinski definition) is 1. The molecule has 1 N–H and O–H groups in total. The first-order valence-electron chi connectivity index (χ1n) is 8.34. The van der Waals surface area contributed by atoms with Crippen molar-refractivity contribution in [1.82, 2.24) is 10.2 Å². The number of amides is 2. The standard InChI is InChI=1S/C19H18F4N2OS/c1-25(11-12-2-4-13(5-3-12)19(21,22)23)18(26)24-16-8-9-27-17-7-6-14(20)10-15(16)17/h2-7,10,16H,8-9,11H2,1H3,(H,24,26). The molecule has 0 aromatic heterocycles. The highest BCUT2D eigenvalue weighted by atomic mass is 32.2. The van der Waals surface area contributed by atoms with E-state index in [1.165, 1.54) is 29.2 Å². The first-order valence-corrected chi connectivity index (χ1v) is 9.32. The Kier molecular flexibility index (Phi) is 5.64. The average molecular weight is 398 g/mol. The number of nitrogens with one attached hydrogen (secondary N) is 1. The number of halogens is 4. The first kappa shape index (κ1) is 19.5. The topological polar surface area (TPSA) is 32.3 Å². The van der Waals surface area contributed by atoms with Gasteiger partial charge in [0.2, 0.25) is 0 Å². The van der Waals surface area contributed by atoms with Crippen LogP contribution in [0.2, 0.25) is 0 Å². The van der Waals surface area contributed by atoms with Crippen LogP contribution < -0.4 is 5.32 Å². The fourth-order valence-electron chi connectivity index (χ4n) is 2.92. The van der Waals surface area contributed by atoms with Crippen molar-refractivity contribution < 1.29 is 22.4 Å². The van der Waals surface area contributed by atoms with E-state index in [0.29, 0.717) is 12.0 Å². The van der Waals surface area contributed by atoms with Crippen LogP contribution in [0.1, 0.15) is 29.2 Å². The van der Waals surface area contributed by atoms with E-state index in [9.17, 15) is 22.4 Å². The van der Waals surface area contributed by atoms with E-state index in [1.807, 2.05) is 0 Å². The molecule has 1 aliphatic heterocycles. The lowest BCUT2D eigenvalue weighted by molar-refractivity contribution is -0.137. The molecule has 0 fully saturated rings. The van der Waals surface area contributed by atoms with Crippen LogP contribution in [0.4, 0.5) is 22.4 Å². The molecule has 0 saturated heterocycles. The van der Waals surface area contributed by atoms with Crippen molar-refractivity contribution in [2.45, 2.75) is 30.1 Å². The summed E-state index contributed by atoms with van der Waals surface area (Å²) in [6.07, 6.45) is -3.70. The highest BCUT2D eigenvalue weighted by molar-refractivity contribution is 7.99. The van der Waals surface area contributed by atoms with Crippen LogP contribution in [0.25, 0.3) is 0 Å². The highest BCUT2D eigenvalue weighted by Gasteiger charge is 2.30. The predicted molar refractivity (Wildman–Crippen MR) is 95.9 cm³/mol. The third-order valence-electron chi connectivity index (χ3n) is 4.36. The Labute approximate surface area is 158 Å². The lowest BCUT2D eigenvalue weighted by Crippen LogP contribution is -2.39. The number of fused-ring (bicyclic) bond motifs is 1. The number of benzene rings is 2. The molecule has 2 aromatic carbocycles. The Morgan fingerprint density at radius 3 is 2.59 bits per heavy atom. The second-order valence-electron chi connectivity index (χ2n) is 6.37. The van der Waals surface area contributed by atoms with Crippen LogP contribution in [0.15, 0.2) is 47.4 Å². The van der Waals surface area contributed by atoms with E-state index >= 15 is 0 Å². The zero-order valence-corrected chi connectivity index (χ0v) is 15.3. The summed E-state index contributed by atoms with van der Waals surface area (Å²) in [5.41, 5.74) is 0.616. The number of carbonyl (C=O) groups is 1. The molecule has 2 aromatic rings. The summed E-state index contributed by atoms with van der Waals surface area (Å²) in [5, 5.41) is 2.88. The van der Waals surface area contributed by atoms with Crippen LogP contribution in [-0.4, -0.2) is 23.7 Å². The van der Waals surface area contributed by atoms with E-state index in [-0.39, 0.29) is 24.4 Å². The maximum Gasteiger partial charge on any atom is 0.416 e. The van der Waals surface area contributed by atoms with Crippen molar-refractivity contribution in [3.63, 3.8) is 0 Å². The van der Waals surface area contributed by atoms with Gasteiger partial charge in [0.25, 0.3) is 0 Å². The Balaban J connectivity index is 1.64. The number of rotatable bonds is 3. The number of alkyl halides is 3. The van der Waals surface area contributed by atoms with Gasteiger partial charge >= 0.3 is 12.2 Å². The summed E-state index contributed by atoms with van der Waals surface area (Å²) in [6.45, 7) is 0.168. The summed E-state index contributed by atoms with van der Waals surface area (Å²) in [6, 6.07) is 8.59. The van der Waals surface area contributed by atoms with Crippen LogP contribution >= 0.6 is 11.8 Å². The van der Waals surface area contributed by atoms with Gasteiger partial charge in [-0.25, -0.2) is 9.18 Å². The Morgan fingerprint density at radius 1 is 1.22 bits per heavy atom. The summed E-state index contributed by atoms with van der Waals surface area (Å²) >= 11 is 1.62. The fourth-order valence-corrected chi connectivity index (χ4v) is 4.02. The van der Waals surface area contributed by atoms with E-state index in [2.05, 4.69) is 5.32 Å². The molecule has 1 heterocycles. The maximum atomic E-state index is 13.6. The molecule has 8 heteroatoms. The minimum Gasteiger partial charge on any atom is -0.331 e. The van der Waals surface area contributed by atoms with Gasteiger partial charge in [-0.3, -0.25) is 0 Å². The summed E-state index contributed by atoms with van der Waals surface area (Å²) in [7, 11) is 1.57. The molecule has 3 nitrogen and oxygen atoms in total. The molecule has 1 aliphatic rings. The van der Waals surface area contributed by atoms with E-state index in [4.69, 9.17) is 0 Å². The Bertz CT molecular complexity index is 823. The number of urea groups is 1. The molecule has 27 heavy (non-hydrogen) atoms. The van der Waals surface area contributed by atoms with Crippen molar-refractivity contribution >= 4 is 17.8 Å². The molecular weight excluding hydrogens is 380 g/mol. The lowest BCUT2D eigenvalue weighted by atomic mass is 10.0. The van der Waals surface area contributed by atoms with E-state index in [1.54, 1.807) is 24.9 Å². The monoisotopic (exact) mass is 398 g/mol. The van der Waals surface area contributed by atoms with Crippen molar-refractivity contribution in [1.29, 1.82) is 0 Å². The second-order valence-corrected chi connectivity index (χ2v) is 7.51. The van der Waals surface area contributed by atoms with Gasteiger partial charge in [-0.15, -0.1) is 11.8 Å². The lowest BCUT2D eigenvalue weighted by Gasteiger charge is -2.28. The first-order chi connectivity index (χ1) is 12.7. The van der Waals surface area contributed by atoms with Gasteiger partial charge in [0.1, 0.15) is 5.82 Å². The van der Waals surface area contributed by atoms with Gasteiger partial charge in [-0.05, 0) is 47.9 Å². The molecule has 144 valence electrons. The highest BCUT2D eigenvalue weighted by Crippen LogP contribution is 2.36. The van der Waals surface area contributed by atoms with Gasteiger partial charge < -0.3 is 10.2 Å². The van der Waals surface area contributed by atoms with Crippen LogP contribution in [0.3, 0.4) is 0 Å². The van der Waals surface area contributed by atoms with E-state index < -0.39 is 11.7 Å². The number of hydrogen-bond acceptors (Lipinski definition) is 2. The molecule has 0 spiro atoms. The number of nitrogens with zero attached hydrogens (tertiary/aromatic N) is 1. The van der Waals surface area contributed by atoms with Gasteiger partial charge in [0.05, 0.1) is 11.6 Å². The second kappa shape index (κ2) is 7.80. The zero-order valence-electron chi connectivity index (χ0n) is 14.5. The van der Waals surface area contributed by atoms with Crippen molar-refractivity contribution in [3.8, 4) is 0 Å². The quantitative estimate of drug-likeness (QED) is 0.719. The molecular formula is C19H18F4N2OS. The SMILES string of the molecule is CN(Cc1ccc(C(F)(F)F)cc1)C(=O)NC1CCSc2ccc(F)cc21. The summed E-state index contributed by atoms with van der Waals surface area (Å²) in [5.74, 6) is 0.459. The predicted octanol–water partition coefficient (Wildman–Crippen LogP) is 5.22. The van der Waals surface area contributed by atoms with Crippen molar-refractivity contribution in [3.05, 3.63) is 65.0 Å². The van der Waals surface area contributed by atoms with E-state index in [0.717, 1.165) is 28.3 Å². The minimum absolute atomic E-state index is 0.168. The average Bonchev–Trinajstić information content (AvgIpc) is 2.62. The third-order valence-corrected chi connectivity index (χ3v) is 5.48. The summed E-state index contributed by atoms with van der Waals surface area (Å²) in [4.78, 5) is 14.8.